The maximum Gasteiger partial charge on any atom is 0.238 e. The molecule has 24 heavy (non-hydrogen) atoms. The third kappa shape index (κ3) is 3.14. The lowest BCUT2D eigenvalue weighted by molar-refractivity contribution is -0.119. The molecule has 1 aromatic carbocycles. The topological polar surface area (TPSA) is 64.1 Å². The lowest BCUT2D eigenvalue weighted by atomic mass is 10.1. The number of nitrogens with zero attached hydrogens (tertiary/aromatic N) is 2. The molecule has 0 fully saturated rings. The SMILES string of the molecule is O=C(Nc1cccc(Oc2cccnn2)c1)C1Cc2cscc2C1. The van der Waals surface area contributed by atoms with Crippen LogP contribution in [-0.4, -0.2) is 16.1 Å². The number of hydrogen-bond donors (Lipinski definition) is 1. The van der Waals surface area contributed by atoms with E-state index in [1.54, 1.807) is 35.7 Å². The fraction of sp³-hybridized carbons (Fsp3) is 0.167. The zero-order valence-corrected chi connectivity index (χ0v) is 13.6. The summed E-state index contributed by atoms with van der Waals surface area (Å²) in [6.07, 6.45) is 3.23. The quantitative estimate of drug-likeness (QED) is 0.789. The molecular formula is C18H15N3O2S. The summed E-state index contributed by atoms with van der Waals surface area (Å²) in [5, 5.41) is 14.9. The van der Waals surface area contributed by atoms with Gasteiger partial charge in [-0.1, -0.05) is 6.07 Å². The van der Waals surface area contributed by atoms with Crippen LogP contribution in [0.25, 0.3) is 0 Å². The van der Waals surface area contributed by atoms with Gasteiger partial charge in [-0.15, -0.1) is 5.10 Å². The molecule has 0 bridgehead atoms. The summed E-state index contributed by atoms with van der Waals surface area (Å²) in [6, 6.07) is 10.8. The number of rotatable bonds is 4. The number of carbonyl (C=O) groups excluding carboxylic acids is 1. The molecule has 1 N–H and O–H groups in total. The van der Waals surface area contributed by atoms with Gasteiger partial charge in [0.15, 0.2) is 0 Å². The molecule has 0 saturated heterocycles. The summed E-state index contributed by atoms with van der Waals surface area (Å²) in [4.78, 5) is 12.5. The Morgan fingerprint density at radius 3 is 2.75 bits per heavy atom. The Morgan fingerprint density at radius 2 is 2.00 bits per heavy atom. The second-order valence-electron chi connectivity index (χ2n) is 5.71. The van der Waals surface area contributed by atoms with Gasteiger partial charge >= 0.3 is 0 Å². The monoisotopic (exact) mass is 337 g/mol. The number of nitrogens with one attached hydrogen (secondary N) is 1. The van der Waals surface area contributed by atoms with Crippen molar-refractivity contribution in [3.8, 4) is 11.6 Å². The number of thiophene rings is 1. The van der Waals surface area contributed by atoms with Gasteiger partial charge in [-0.05, 0) is 52.9 Å². The number of ether oxygens (including phenoxy) is 1. The molecule has 3 aromatic rings. The van der Waals surface area contributed by atoms with Crippen LogP contribution < -0.4 is 10.1 Å². The van der Waals surface area contributed by atoms with Gasteiger partial charge < -0.3 is 10.1 Å². The molecule has 2 heterocycles. The van der Waals surface area contributed by atoms with Crippen LogP contribution >= 0.6 is 11.3 Å². The Labute approximate surface area is 143 Å². The Hall–Kier alpha value is -2.73. The number of carbonyl (C=O) groups is 1. The maximum absolute atomic E-state index is 12.5. The van der Waals surface area contributed by atoms with E-state index in [2.05, 4.69) is 26.3 Å². The number of hydrogen-bond acceptors (Lipinski definition) is 5. The van der Waals surface area contributed by atoms with Crippen molar-refractivity contribution in [3.05, 3.63) is 64.5 Å². The highest BCUT2D eigenvalue weighted by atomic mass is 32.1. The largest absolute Gasteiger partial charge is 0.437 e. The molecule has 0 aliphatic heterocycles. The minimum absolute atomic E-state index is 0.00737. The molecule has 1 aliphatic carbocycles. The van der Waals surface area contributed by atoms with Gasteiger partial charge in [-0.2, -0.15) is 16.4 Å². The van der Waals surface area contributed by atoms with Gasteiger partial charge in [0.05, 0.1) is 0 Å². The fourth-order valence-corrected chi connectivity index (χ4v) is 3.73. The normalized spacial score (nSPS) is 13.5. The Morgan fingerprint density at radius 1 is 1.17 bits per heavy atom. The number of anilines is 1. The van der Waals surface area contributed by atoms with Gasteiger partial charge in [-0.25, -0.2) is 0 Å². The first-order valence-corrected chi connectivity index (χ1v) is 8.62. The second kappa shape index (κ2) is 6.41. The average Bonchev–Trinajstić information content (AvgIpc) is 3.18. The molecular weight excluding hydrogens is 322 g/mol. The smallest absolute Gasteiger partial charge is 0.238 e. The van der Waals surface area contributed by atoms with E-state index in [-0.39, 0.29) is 11.8 Å². The number of amides is 1. The van der Waals surface area contributed by atoms with E-state index in [1.165, 1.54) is 11.1 Å². The fourth-order valence-electron chi connectivity index (χ4n) is 2.84. The van der Waals surface area contributed by atoms with Crippen molar-refractivity contribution >= 4 is 22.9 Å². The van der Waals surface area contributed by atoms with E-state index in [0.29, 0.717) is 11.6 Å². The summed E-state index contributed by atoms with van der Waals surface area (Å²) in [5.74, 6) is 1.08. The van der Waals surface area contributed by atoms with Crippen LogP contribution in [-0.2, 0) is 17.6 Å². The minimum Gasteiger partial charge on any atom is -0.437 e. The van der Waals surface area contributed by atoms with Crippen molar-refractivity contribution in [2.75, 3.05) is 5.32 Å². The molecule has 1 amide bonds. The molecule has 6 heteroatoms. The third-order valence-corrected chi connectivity index (χ3v) is 4.85. The third-order valence-electron chi connectivity index (χ3n) is 4.01. The molecule has 120 valence electrons. The Balaban J connectivity index is 1.42. The summed E-state index contributed by atoms with van der Waals surface area (Å²) in [6.45, 7) is 0. The summed E-state index contributed by atoms with van der Waals surface area (Å²) in [7, 11) is 0. The molecule has 0 spiro atoms. The number of fused-ring (bicyclic) bond motifs is 1. The van der Waals surface area contributed by atoms with Gasteiger partial charge in [-0.3, -0.25) is 4.79 Å². The molecule has 0 radical (unpaired) electrons. The van der Waals surface area contributed by atoms with E-state index >= 15 is 0 Å². The summed E-state index contributed by atoms with van der Waals surface area (Å²) < 4.78 is 5.64. The molecule has 0 unspecified atom stereocenters. The first-order valence-electron chi connectivity index (χ1n) is 7.68. The van der Waals surface area contributed by atoms with Crippen LogP contribution in [0.1, 0.15) is 11.1 Å². The first kappa shape index (κ1) is 14.8. The van der Waals surface area contributed by atoms with Crippen LogP contribution in [0.5, 0.6) is 11.6 Å². The van der Waals surface area contributed by atoms with Gasteiger partial charge in [0.1, 0.15) is 5.75 Å². The standard InChI is InChI=1S/C18H15N3O2S/c22-18(12-7-13-10-24-11-14(13)8-12)20-15-3-1-4-16(9-15)23-17-5-2-6-19-21-17/h1-6,9-12H,7-8H2,(H,20,22). The summed E-state index contributed by atoms with van der Waals surface area (Å²) >= 11 is 1.70. The lowest BCUT2D eigenvalue weighted by Gasteiger charge is -2.12. The zero-order valence-electron chi connectivity index (χ0n) is 12.8. The van der Waals surface area contributed by atoms with Gasteiger partial charge in [0.25, 0.3) is 0 Å². The highest BCUT2D eigenvalue weighted by molar-refractivity contribution is 7.08. The van der Waals surface area contributed by atoms with Crippen LogP contribution in [0.2, 0.25) is 0 Å². The van der Waals surface area contributed by atoms with Gasteiger partial charge in [0, 0.05) is 29.9 Å². The van der Waals surface area contributed by atoms with E-state index in [9.17, 15) is 4.79 Å². The van der Waals surface area contributed by atoms with E-state index in [1.807, 2.05) is 18.2 Å². The molecule has 1 aliphatic rings. The van der Waals surface area contributed by atoms with Gasteiger partial charge in [0.2, 0.25) is 11.8 Å². The van der Waals surface area contributed by atoms with Crippen molar-refractivity contribution in [1.82, 2.24) is 10.2 Å². The van der Waals surface area contributed by atoms with Crippen LogP contribution in [0.4, 0.5) is 5.69 Å². The van der Waals surface area contributed by atoms with E-state index in [4.69, 9.17) is 4.74 Å². The van der Waals surface area contributed by atoms with Crippen LogP contribution in [0, 0.1) is 5.92 Å². The van der Waals surface area contributed by atoms with Crippen molar-refractivity contribution in [2.45, 2.75) is 12.8 Å². The number of aromatic nitrogens is 2. The highest BCUT2D eigenvalue weighted by Crippen LogP contribution is 2.31. The summed E-state index contributed by atoms with van der Waals surface area (Å²) in [5.41, 5.74) is 3.33. The Bertz CT molecular complexity index is 843. The zero-order chi connectivity index (χ0) is 16.4. The molecule has 5 nitrogen and oxygen atoms in total. The van der Waals surface area contributed by atoms with E-state index < -0.39 is 0 Å². The van der Waals surface area contributed by atoms with E-state index in [0.717, 1.165) is 18.5 Å². The number of benzene rings is 1. The van der Waals surface area contributed by atoms with Crippen LogP contribution in [0.15, 0.2) is 53.4 Å². The second-order valence-corrected chi connectivity index (χ2v) is 6.45. The first-order chi connectivity index (χ1) is 11.8. The van der Waals surface area contributed by atoms with Crippen molar-refractivity contribution in [3.63, 3.8) is 0 Å². The molecule has 2 aromatic heterocycles. The predicted octanol–water partition coefficient (Wildman–Crippen LogP) is 3.68. The predicted molar refractivity (Wildman–Crippen MR) is 92.4 cm³/mol. The molecule has 0 atom stereocenters. The average molecular weight is 337 g/mol. The van der Waals surface area contributed by atoms with Crippen LogP contribution in [0.3, 0.4) is 0 Å². The van der Waals surface area contributed by atoms with Crippen molar-refractivity contribution < 1.29 is 9.53 Å². The highest BCUT2D eigenvalue weighted by Gasteiger charge is 2.27. The molecule has 4 rings (SSSR count). The molecule has 0 saturated carbocycles. The van der Waals surface area contributed by atoms with Crippen molar-refractivity contribution in [1.29, 1.82) is 0 Å². The maximum atomic E-state index is 12.5. The Kier molecular flexibility index (Phi) is 3.96. The van der Waals surface area contributed by atoms with Crippen molar-refractivity contribution in [2.24, 2.45) is 5.92 Å². The minimum atomic E-state index is 0.00737. The lowest BCUT2D eigenvalue weighted by Crippen LogP contribution is -2.23.